The number of nitro groups is 1. The highest BCUT2D eigenvalue weighted by atomic mass is 16.6. The molecule has 0 aliphatic carbocycles. The number of non-ortho nitro benzene ring substituents is 1. The Hall–Kier alpha value is -3.79. The molecule has 3 aromatic rings. The predicted molar refractivity (Wildman–Crippen MR) is 118 cm³/mol. The molecule has 1 fully saturated rings. The number of rotatable bonds is 6. The maximum atomic E-state index is 13.0. The van der Waals surface area contributed by atoms with Crippen molar-refractivity contribution in [2.75, 3.05) is 26.3 Å². The van der Waals surface area contributed by atoms with Gasteiger partial charge < -0.3 is 9.47 Å². The summed E-state index contributed by atoms with van der Waals surface area (Å²) in [5, 5.41) is 15.3. The molecule has 3 heterocycles. The van der Waals surface area contributed by atoms with E-state index in [-0.39, 0.29) is 17.4 Å². The summed E-state index contributed by atoms with van der Waals surface area (Å²) in [7, 11) is 0. The van der Waals surface area contributed by atoms with Crippen molar-refractivity contribution in [3.05, 3.63) is 64.5 Å². The van der Waals surface area contributed by atoms with E-state index < -0.39 is 4.92 Å². The first kappa shape index (κ1) is 21.1. The molecular formula is C23H23N5O5. The second-order valence-electron chi connectivity index (χ2n) is 8.17. The minimum Gasteiger partial charge on any atom is -0.486 e. The van der Waals surface area contributed by atoms with Gasteiger partial charge in [0.05, 0.1) is 11.6 Å². The monoisotopic (exact) mass is 449 g/mol. The van der Waals surface area contributed by atoms with Crippen molar-refractivity contribution >= 4 is 11.5 Å². The van der Waals surface area contributed by atoms with Crippen molar-refractivity contribution in [1.82, 2.24) is 19.7 Å². The molecule has 170 valence electrons. The molecular weight excluding hydrogens is 426 g/mol. The summed E-state index contributed by atoms with van der Waals surface area (Å²) < 4.78 is 12.9. The lowest BCUT2D eigenvalue weighted by molar-refractivity contribution is -0.384. The van der Waals surface area contributed by atoms with Crippen LogP contribution in [0.3, 0.4) is 0 Å². The van der Waals surface area contributed by atoms with Gasteiger partial charge in [-0.05, 0) is 43.2 Å². The number of carbonyl (C=O) groups is 1. The van der Waals surface area contributed by atoms with Crippen LogP contribution in [-0.4, -0.2) is 56.7 Å². The number of ketones is 1. The van der Waals surface area contributed by atoms with Crippen LogP contribution in [0.25, 0.3) is 11.4 Å². The number of aromatic nitrogens is 3. The van der Waals surface area contributed by atoms with Gasteiger partial charge in [0.25, 0.3) is 5.69 Å². The fourth-order valence-corrected chi connectivity index (χ4v) is 4.20. The molecule has 0 amide bonds. The van der Waals surface area contributed by atoms with Gasteiger partial charge in [-0.25, -0.2) is 9.67 Å². The summed E-state index contributed by atoms with van der Waals surface area (Å²) in [5.74, 6) is 1.98. The lowest BCUT2D eigenvalue weighted by Gasteiger charge is -2.31. The predicted octanol–water partition coefficient (Wildman–Crippen LogP) is 3.18. The first-order valence-corrected chi connectivity index (χ1v) is 10.9. The molecule has 0 spiro atoms. The second kappa shape index (κ2) is 8.99. The largest absolute Gasteiger partial charge is 0.486 e. The SMILES string of the molecule is O=C(c1ccc2c(c1)OCCO2)C1CCN(Cn2cnc(-c3ccc([N+](=O)[O-])cc3)n2)CC1. The highest BCUT2D eigenvalue weighted by Gasteiger charge is 2.27. The number of benzene rings is 2. The molecule has 1 saturated heterocycles. The Labute approximate surface area is 189 Å². The Kier molecular flexibility index (Phi) is 5.74. The minimum atomic E-state index is -0.433. The Balaban J connectivity index is 1.16. The zero-order chi connectivity index (χ0) is 22.8. The molecule has 0 N–H and O–H groups in total. The highest BCUT2D eigenvalue weighted by Crippen LogP contribution is 2.32. The van der Waals surface area contributed by atoms with Crippen LogP contribution in [0.15, 0.2) is 48.8 Å². The maximum absolute atomic E-state index is 13.0. The van der Waals surface area contributed by atoms with Crippen LogP contribution in [0, 0.1) is 16.0 Å². The van der Waals surface area contributed by atoms with Gasteiger partial charge >= 0.3 is 0 Å². The van der Waals surface area contributed by atoms with E-state index in [1.54, 1.807) is 29.2 Å². The zero-order valence-corrected chi connectivity index (χ0v) is 17.9. The standard InChI is InChI=1S/C23H23N5O5/c29-22(18-3-6-20-21(13-18)33-12-11-32-20)16-7-9-26(10-8-16)15-27-14-24-23(25-27)17-1-4-19(5-2-17)28(30)31/h1-6,13-14,16H,7-12,15H2. The van der Waals surface area contributed by atoms with E-state index in [0.717, 1.165) is 31.5 Å². The average molecular weight is 449 g/mol. The highest BCUT2D eigenvalue weighted by molar-refractivity contribution is 5.98. The van der Waals surface area contributed by atoms with E-state index in [9.17, 15) is 14.9 Å². The molecule has 1 aromatic heterocycles. The molecule has 0 atom stereocenters. The number of piperidine rings is 1. The van der Waals surface area contributed by atoms with E-state index in [4.69, 9.17) is 9.47 Å². The number of likely N-dealkylation sites (tertiary alicyclic amines) is 1. The number of nitrogens with zero attached hydrogens (tertiary/aromatic N) is 5. The van der Waals surface area contributed by atoms with Crippen molar-refractivity contribution < 1.29 is 19.2 Å². The Morgan fingerprint density at radius 1 is 1.06 bits per heavy atom. The minimum absolute atomic E-state index is 0.0183. The Bertz CT molecular complexity index is 1170. The van der Waals surface area contributed by atoms with Crippen LogP contribution in [-0.2, 0) is 6.67 Å². The summed E-state index contributed by atoms with van der Waals surface area (Å²) in [6, 6.07) is 11.6. The second-order valence-corrected chi connectivity index (χ2v) is 8.17. The summed E-state index contributed by atoms with van der Waals surface area (Å²) in [6.07, 6.45) is 3.21. The van der Waals surface area contributed by atoms with Crippen molar-refractivity contribution in [2.24, 2.45) is 5.92 Å². The Morgan fingerprint density at radius 2 is 1.79 bits per heavy atom. The number of Topliss-reactive ketones (excluding diaryl/α,β-unsaturated/α-hetero) is 1. The van der Waals surface area contributed by atoms with Crippen LogP contribution in [0.2, 0.25) is 0 Å². The van der Waals surface area contributed by atoms with Crippen molar-refractivity contribution in [3.8, 4) is 22.9 Å². The number of nitro benzene ring substituents is 1. The van der Waals surface area contributed by atoms with Gasteiger partial charge in [0.2, 0.25) is 0 Å². The molecule has 0 unspecified atom stereocenters. The van der Waals surface area contributed by atoms with Crippen LogP contribution in [0.5, 0.6) is 11.5 Å². The molecule has 5 rings (SSSR count). The molecule has 10 nitrogen and oxygen atoms in total. The lowest BCUT2D eigenvalue weighted by atomic mass is 9.89. The zero-order valence-electron chi connectivity index (χ0n) is 17.9. The van der Waals surface area contributed by atoms with Crippen LogP contribution in [0.4, 0.5) is 5.69 Å². The molecule has 2 aromatic carbocycles. The molecule has 0 radical (unpaired) electrons. The molecule has 0 saturated carbocycles. The normalized spacial score (nSPS) is 16.5. The maximum Gasteiger partial charge on any atom is 0.269 e. The quantitative estimate of drug-likeness (QED) is 0.320. The van der Waals surface area contributed by atoms with Crippen molar-refractivity contribution in [1.29, 1.82) is 0 Å². The van der Waals surface area contributed by atoms with E-state index >= 15 is 0 Å². The van der Waals surface area contributed by atoms with Crippen molar-refractivity contribution in [3.63, 3.8) is 0 Å². The van der Waals surface area contributed by atoms with Crippen LogP contribution in [0.1, 0.15) is 23.2 Å². The third-order valence-corrected chi connectivity index (χ3v) is 6.00. The van der Waals surface area contributed by atoms with Gasteiger partial charge in [-0.1, -0.05) is 0 Å². The summed E-state index contributed by atoms with van der Waals surface area (Å²) in [5.41, 5.74) is 1.43. The first-order valence-electron chi connectivity index (χ1n) is 10.9. The third-order valence-electron chi connectivity index (χ3n) is 6.00. The topological polar surface area (TPSA) is 113 Å². The number of fused-ring (bicyclic) bond motifs is 1. The number of ether oxygens (including phenoxy) is 2. The van der Waals surface area contributed by atoms with E-state index in [0.29, 0.717) is 42.8 Å². The van der Waals surface area contributed by atoms with Crippen molar-refractivity contribution in [2.45, 2.75) is 19.5 Å². The Morgan fingerprint density at radius 3 is 2.52 bits per heavy atom. The van der Waals surface area contributed by atoms with Gasteiger partial charge in [-0.3, -0.25) is 19.8 Å². The fraction of sp³-hybridized carbons (Fsp3) is 0.348. The third kappa shape index (κ3) is 4.56. The van der Waals surface area contributed by atoms with Crippen LogP contribution >= 0.6 is 0 Å². The first-order chi connectivity index (χ1) is 16.1. The molecule has 0 bridgehead atoms. The summed E-state index contributed by atoms with van der Waals surface area (Å²) in [6.45, 7) is 3.17. The van der Waals surface area contributed by atoms with Gasteiger partial charge in [-0.2, -0.15) is 0 Å². The van der Waals surface area contributed by atoms with E-state index in [2.05, 4.69) is 15.0 Å². The van der Waals surface area contributed by atoms with Gasteiger partial charge in [0.1, 0.15) is 19.5 Å². The molecule has 33 heavy (non-hydrogen) atoms. The molecule has 2 aliphatic rings. The number of hydrogen-bond acceptors (Lipinski definition) is 8. The molecule has 10 heteroatoms. The van der Waals surface area contributed by atoms with Gasteiger partial charge in [-0.15, -0.1) is 5.10 Å². The summed E-state index contributed by atoms with van der Waals surface area (Å²) in [4.78, 5) is 29.9. The number of carbonyl (C=O) groups excluding carboxylic acids is 1. The molecule has 2 aliphatic heterocycles. The average Bonchev–Trinajstić information content (AvgIpc) is 3.32. The smallest absolute Gasteiger partial charge is 0.269 e. The van der Waals surface area contributed by atoms with Gasteiger partial charge in [0, 0.05) is 42.3 Å². The van der Waals surface area contributed by atoms with E-state index in [1.165, 1.54) is 12.1 Å². The summed E-state index contributed by atoms with van der Waals surface area (Å²) >= 11 is 0. The van der Waals surface area contributed by atoms with E-state index in [1.807, 2.05) is 12.1 Å². The fourth-order valence-electron chi connectivity index (χ4n) is 4.20. The lowest BCUT2D eigenvalue weighted by Crippen LogP contribution is -2.37. The van der Waals surface area contributed by atoms with Gasteiger partial charge in [0.15, 0.2) is 23.1 Å². The number of hydrogen-bond donors (Lipinski definition) is 0. The van der Waals surface area contributed by atoms with Crippen LogP contribution < -0.4 is 9.47 Å².